The Morgan fingerprint density at radius 1 is 1.11 bits per heavy atom. The third-order valence-electron chi connectivity index (χ3n) is 4.19. The van der Waals surface area contributed by atoms with Crippen molar-refractivity contribution in [3.63, 3.8) is 0 Å². The number of rotatable bonds is 6. The van der Waals surface area contributed by atoms with Crippen LogP contribution in [0.15, 0.2) is 36.4 Å². The Bertz CT molecular complexity index is 982. The number of fused-ring (bicyclic) bond motifs is 1. The van der Waals surface area contributed by atoms with Crippen molar-refractivity contribution in [2.24, 2.45) is 0 Å². The summed E-state index contributed by atoms with van der Waals surface area (Å²) in [5.74, 6) is 0.810. The highest BCUT2D eigenvalue weighted by atomic mass is 35.5. The molecule has 0 aliphatic carbocycles. The predicted octanol–water partition coefficient (Wildman–Crippen LogP) is 5.50. The molecule has 0 fully saturated rings. The van der Waals surface area contributed by atoms with Gasteiger partial charge in [-0.15, -0.1) is 0 Å². The summed E-state index contributed by atoms with van der Waals surface area (Å²) >= 11 is 18.7. The summed E-state index contributed by atoms with van der Waals surface area (Å²) in [5, 5.41) is 4.51. The number of hydrogen-bond acceptors (Lipinski definition) is 2. The molecule has 7 heteroatoms. The lowest BCUT2D eigenvalue weighted by Crippen LogP contribution is -2.30. The van der Waals surface area contributed by atoms with Crippen molar-refractivity contribution in [3.8, 4) is 0 Å². The Kier molecular flexibility index (Phi) is 6.30. The summed E-state index contributed by atoms with van der Waals surface area (Å²) in [6.07, 6.45) is 0.898. The molecule has 142 valence electrons. The summed E-state index contributed by atoms with van der Waals surface area (Å²) in [5.41, 5.74) is 2.57. The van der Waals surface area contributed by atoms with E-state index in [2.05, 4.69) is 5.32 Å². The number of aryl methyl sites for hydroxylation is 1. The maximum atomic E-state index is 12.1. The molecular formula is C20H20Cl3N3O. The van der Waals surface area contributed by atoms with E-state index in [0.717, 1.165) is 22.4 Å². The van der Waals surface area contributed by atoms with Gasteiger partial charge in [-0.05, 0) is 37.6 Å². The summed E-state index contributed by atoms with van der Waals surface area (Å²) in [6.45, 7) is 4.37. The molecule has 2 aromatic carbocycles. The highest BCUT2D eigenvalue weighted by Gasteiger charge is 2.16. The van der Waals surface area contributed by atoms with Gasteiger partial charge in [0, 0.05) is 30.5 Å². The zero-order valence-corrected chi connectivity index (χ0v) is 17.4. The van der Waals surface area contributed by atoms with Crippen LogP contribution in [-0.2, 0) is 17.8 Å². The molecule has 0 atom stereocenters. The minimum absolute atomic E-state index is 0.00407. The van der Waals surface area contributed by atoms with Crippen molar-refractivity contribution in [2.75, 3.05) is 0 Å². The number of carbonyl (C=O) groups excluding carboxylic acids is 1. The molecule has 0 saturated carbocycles. The molecule has 27 heavy (non-hydrogen) atoms. The summed E-state index contributed by atoms with van der Waals surface area (Å²) in [4.78, 5) is 16.8. The van der Waals surface area contributed by atoms with Crippen molar-refractivity contribution in [1.29, 1.82) is 0 Å². The van der Waals surface area contributed by atoms with Gasteiger partial charge in [0.15, 0.2) is 0 Å². The molecule has 0 aliphatic rings. The Morgan fingerprint density at radius 2 is 1.81 bits per heavy atom. The minimum Gasteiger partial charge on any atom is -0.354 e. The van der Waals surface area contributed by atoms with Crippen LogP contribution >= 0.6 is 34.8 Å². The van der Waals surface area contributed by atoms with E-state index >= 15 is 0 Å². The topological polar surface area (TPSA) is 46.9 Å². The van der Waals surface area contributed by atoms with Crippen LogP contribution in [0.5, 0.6) is 0 Å². The molecule has 3 aromatic rings. The molecule has 1 amide bonds. The summed E-state index contributed by atoms with van der Waals surface area (Å²) in [6, 6.07) is 11.3. The smallest absolute Gasteiger partial charge is 0.221 e. The second kappa shape index (κ2) is 8.51. The predicted molar refractivity (Wildman–Crippen MR) is 112 cm³/mol. The second-order valence-corrected chi connectivity index (χ2v) is 7.90. The maximum Gasteiger partial charge on any atom is 0.221 e. The van der Waals surface area contributed by atoms with Gasteiger partial charge in [-0.25, -0.2) is 4.98 Å². The Labute approximate surface area is 173 Å². The molecule has 0 unspecified atom stereocenters. The summed E-state index contributed by atoms with van der Waals surface area (Å²) in [7, 11) is 0. The number of carbonyl (C=O) groups is 1. The molecule has 1 aromatic heterocycles. The number of amides is 1. The van der Waals surface area contributed by atoms with Gasteiger partial charge >= 0.3 is 0 Å². The van der Waals surface area contributed by atoms with Crippen LogP contribution in [0.1, 0.15) is 31.7 Å². The normalized spacial score (nSPS) is 11.3. The van der Waals surface area contributed by atoms with Crippen LogP contribution in [0.25, 0.3) is 11.0 Å². The average molecular weight is 425 g/mol. The molecule has 0 saturated heterocycles. The quantitative estimate of drug-likeness (QED) is 0.568. The van der Waals surface area contributed by atoms with Gasteiger partial charge in [0.05, 0.1) is 21.1 Å². The number of imidazole rings is 1. The van der Waals surface area contributed by atoms with Crippen molar-refractivity contribution in [3.05, 3.63) is 62.9 Å². The van der Waals surface area contributed by atoms with Gasteiger partial charge in [0.2, 0.25) is 5.91 Å². The fourth-order valence-electron chi connectivity index (χ4n) is 2.97. The number of aromatic nitrogens is 2. The fourth-order valence-corrected chi connectivity index (χ4v) is 3.49. The molecule has 1 heterocycles. The van der Waals surface area contributed by atoms with E-state index < -0.39 is 0 Å². The van der Waals surface area contributed by atoms with E-state index in [1.807, 2.05) is 42.7 Å². The van der Waals surface area contributed by atoms with Crippen LogP contribution in [0.4, 0.5) is 0 Å². The highest BCUT2D eigenvalue weighted by molar-refractivity contribution is 6.42. The second-order valence-electron chi connectivity index (χ2n) is 6.68. The highest BCUT2D eigenvalue weighted by Crippen LogP contribution is 2.30. The fraction of sp³-hybridized carbons (Fsp3) is 0.300. The number of benzene rings is 2. The first-order chi connectivity index (χ1) is 12.8. The van der Waals surface area contributed by atoms with Crippen LogP contribution in [0, 0.1) is 0 Å². The van der Waals surface area contributed by atoms with E-state index in [1.54, 1.807) is 12.1 Å². The van der Waals surface area contributed by atoms with E-state index in [4.69, 9.17) is 39.8 Å². The van der Waals surface area contributed by atoms with E-state index in [1.165, 1.54) is 0 Å². The van der Waals surface area contributed by atoms with Gasteiger partial charge in [-0.1, -0.05) is 53.0 Å². The molecule has 1 N–H and O–H groups in total. The van der Waals surface area contributed by atoms with Gasteiger partial charge in [0.25, 0.3) is 0 Å². The van der Waals surface area contributed by atoms with Crippen LogP contribution in [0.2, 0.25) is 15.1 Å². The third-order valence-corrected chi connectivity index (χ3v) is 5.28. The maximum absolute atomic E-state index is 12.1. The van der Waals surface area contributed by atoms with Crippen LogP contribution in [-0.4, -0.2) is 21.5 Å². The van der Waals surface area contributed by atoms with Gasteiger partial charge in [0.1, 0.15) is 5.82 Å². The zero-order valence-electron chi connectivity index (χ0n) is 15.1. The average Bonchev–Trinajstić information content (AvgIpc) is 2.91. The first kappa shape index (κ1) is 20.0. The molecule has 0 radical (unpaired) electrons. The van der Waals surface area contributed by atoms with Crippen molar-refractivity contribution in [1.82, 2.24) is 14.9 Å². The van der Waals surface area contributed by atoms with Crippen molar-refractivity contribution < 1.29 is 4.79 Å². The van der Waals surface area contributed by atoms with Gasteiger partial charge in [-0.2, -0.15) is 0 Å². The minimum atomic E-state index is -0.00407. The molecule has 3 rings (SSSR count). The summed E-state index contributed by atoms with van der Waals surface area (Å²) < 4.78 is 2.01. The number of nitrogens with zero attached hydrogens (tertiary/aromatic N) is 2. The molecule has 0 aliphatic heterocycles. The lowest BCUT2D eigenvalue weighted by Gasteiger charge is -2.12. The number of halogens is 3. The lowest BCUT2D eigenvalue weighted by molar-refractivity contribution is -0.121. The van der Waals surface area contributed by atoms with Crippen molar-refractivity contribution >= 4 is 51.7 Å². The van der Waals surface area contributed by atoms with Crippen molar-refractivity contribution in [2.45, 2.75) is 39.3 Å². The van der Waals surface area contributed by atoms with E-state index in [0.29, 0.717) is 34.5 Å². The van der Waals surface area contributed by atoms with E-state index in [-0.39, 0.29) is 11.9 Å². The largest absolute Gasteiger partial charge is 0.354 e. The lowest BCUT2D eigenvalue weighted by atomic mass is 10.1. The number of nitrogens with one attached hydrogen (secondary N) is 1. The van der Waals surface area contributed by atoms with Crippen LogP contribution < -0.4 is 5.32 Å². The SMILES string of the molecule is CC(C)NC(=O)CCn1c(Cc2ccccc2Cl)nc2cc(Cl)c(Cl)cc21. The molecule has 4 nitrogen and oxygen atoms in total. The Hall–Kier alpha value is -1.75. The zero-order chi connectivity index (χ0) is 19.6. The monoisotopic (exact) mass is 423 g/mol. The Morgan fingerprint density at radius 3 is 2.52 bits per heavy atom. The first-order valence-corrected chi connectivity index (χ1v) is 9.85. The van der Waals surface area contributed by atoms with Gasteiger partial charge in [-0.3, -0.25) is 4.79 Å². The standard InChI is InChI=1S/C20H20Cl3N3O/c1-12(2)24-20(27)7-8-26-18-11-16(23)15(22)10-17(18)25-19(26)9-13-5-3-4-6-14(13)21/h3-6,10-12H,7-9H2,1-2H3,(H,24,27). The first-order valence-electron chi connectivity index (χ1n) is 8.72. The van der Waals surface area contributed by atoms with Gasteiger partial charge < -0.3 is 9.88 Å². The molecule has 0 bridgehead atoms. The number of hydrogen-bond donors (Lipinski definition) is 1. The van der Waals surface area contributed by atoms with Crippen LogP contribution in [0.3, 0.4) is 0 Å². The third kappa shape index (κ3) is 4.75. The molecule has 0 spiro atoms. The Balaban J connectivity index is 1.98. The van der Waals surface area contributed by atoms with E-state index in [9.17, 15) is 4.79 Å². The molecular weight excluding hydrogens is 405 g/mol.